The molecule has 0 bridgehead atoms. The SMILES string of the molecule is CCCCCCCc1nnc2c(Cl)cc(C(=O)OC)cn12. The summed E-state index contributed by atoms with van der Waals surface area (Å²) in [6.07, 6.45) is 8.47. The van der Waals surface area contributed by atoms with Crippen LogP contribution in [-0.4, -0.2) is 27.7 Å². The number of rotatable bonds is 7. The van der Waals surface area contributed by atoms with Crippen molar-refractivity contribution in [2.24, 2.45) is 0 Å². The van der Waals surface area contributed by atoms with Crippen LogP contribution in [0.4, 0.5) is 0 Å². The third kappa shape index (κ3) is 3.73. The number of halogens is 1. The Hall–Kier alpha value is -1.62. The van der Waals surface area contributed by atoms with Crippen molar-refractivity contribution < 1.29 is 9.53 Å². The molecule has 0 spiro atoms. The number of hydrogen-bond donors (Lipinski definition) is 0. The molecular weight excluding hydrogens is 290 g/mol. The zero-order valence-electron chi connectivity index (χ0n) is 12.4. The number of pyridine rings is 1. The predicted molar refractivity (Wildman–Crippen MR) is 81.8 cm³/mol. The van der Waals surface area contributed by atoms with Crippen molar-refractivity contribution in [2.45, 2.75) is 45.4 Å². The summed E-state index contributed by atoms with van der Waals surface area (Å²) in [5.41, 5.74) is 0.981. The molecule has 0 radical (unpaired) electrons. The summed E-state index contributed by atoms with van der Waals surface area (Å²) in [5.74, 6) is 0.413. The first kappa shape index (κ1) is 15.8. The van der Waals surface area contributed by atoms with E-state index in [9.17, 15) is 4.79 Å². The number of carbonyl (C=O) groups is 1. The highest BCUT2D eigenvalue weighted by atomic mass is 35.5. The summed E-state index contributed by atoms with van der Waals surface area (Å²) in [6.45, 7) is 2.20. The van der Waals surface area contributed by atoms with Gasteiger partial charge in [-0.2, -0.15) is 0 Å². The summed E-state index contributed by atoms with van der Waals surface area (Å²) < 4.78 is 6.52. The van der Waals surface area contributed by atoms with E-state index < -0.39 is 5.97 Å². The molecule has 5 nitrogen and oxygen atoms in total. The molecule has 21 heavy (non-hydrogen) atoms. The van der Waals surface area contributed by atoms with Crippen molar-refractivity contribution in [3.63, 3.8) is 0 Å². The molecule has 114 valence electrons. The second kappa shape index (κ2) is 7.41. The fourth-order valence-corrected chi connectivity index (χ4v) is 2.53. The van der Waals surface area contributed by atoms with Crippen LogP contribution < -0.4 is 0 Å². The molecule has 2 rings (SSSR count). The molecule has 0 saturated heterocycles. The lowest BCUT2D eigenvalue weighted by Gasteiger charge is -2.04. The van der Waals surface area contributed by atoms with Crippen molar-refractivity contribution in [1.29, 1.82) is 0 Å². The standard InChI is InChI=1S/C15H20ClN3O2/c1-3-4-5-6-7-8-13-17-18-14-12(16)9-11(10-19(13)14)15(20)21-2/h9-10H,3-8H2,1-2H3. The van der Waals surface area contributed by atoms with E-state index in [0.29, 0.717) is 16.2 Å². The summed E-state index contributed by atoms with van der Waals surface area (Å²) in [6, 6.07) is 1.56. The maximum absolute atomic E-state index is 11.6. The minimum atomic E-state index is -0.415. The monoisotopic (exact) mass is 309 g/mol. The van der Waals surface area contributed by atoms with Gasteiger partial charge in [0.25, 0.3) is 0 Å². The Morgan fingerprint density at radius 1 is 1.29 bits per heavy atom. The largest absolute Gasteiger partial charge is 0.465 e. The van der Waals surface area contributed by atoms with E-state index in [4.69, 9.17) is 16.3 Å². The molecule has 0 aliphatic carbocycles. The van der Waals surface area contributed by atoms with Gasteiger partial charge in [-0.05, 0) is 12.5 Å². The van der Waals surface area contributed by atoms with Crippen LogP contribution in [0.2, 0.25) is 5.02 Å². The molecule has 0 atom stereocenters. The number of esters is 1. The van der Waals surface area contributed by atoms with E-state index in [1.807, 2.05) is 0 Å². The zero-order chi connectivity index (χ0) is 15.2. The average molecular weight is 310 g/mol. The minimum absolute atomic E-state index is 0.405. The average Bonchev–Trinajstić information content (AvgIpc) is 2.90. The first-order chi connectivity index (χ1) is 10.2. The highest BCUT2D eigenvalue weighted by Gasteiger charge is 2.14. The van der Waals surface area contributed by atoms with Crippen LogP contribution >= 0.6 is 11.6 Å². The highest BCUT2D eigenvalue weighted by Crippen LogP contribution is 2.20. The van der Waals surface area contributed by atoms with Crippen LogP contribution in [0.25, 0.3) is 5.65 Å². The van der Waals surface area contributed by atoms with Crippen LogP contribution in [0.5, 0.6) is 0 Å². The van der Waals surface area contributed by atoms with Crippen molar-refractivity contribution in [2.75, 3.05) is 7.11 Å². The van der Waals surface area contributed by atoms with E-state index in [0.717, 1.165) is 18.7 Å². The number of fused-ring (bicyclic) bond motifs is 1. The van der Waals surface area contributed by atoms with E-state index >= 15 is 0 Å². The fraction of sp³-hybridized carbons (Fsp3) is 0.533. The molecule has 2 aromatic heterocycles. The number of ether oxygens (including phenoxy) is 1. The molecule has 0 aliphatic heterocycles. The van der Waals surface area contributed by atoms with E-state index in [2.05, 4.69) is 17.1 Å². The molecule has 0 aliphatic rings. The minimum Gasteiger partial charge on any atom is -0.465 e. The van der Waals surface area contributed by atoms with Crippen LogP contribution in [-0.2, 0) is 11.2 Å². The number of nitrogens with zero attached hydrogens (tertiary/aromatic N) is 3. The number of unbranched alkanes of at least 4 members (excludes halogenated alkanes) is 4. The quantitative estimate of drug-likeness (QED) is 0.578. The Morgan fingerprint density at radius 2 is 2.05 bits per heavy atom. The Bertz CT molecular complexity index is 625. The third-order valence-corrected chi connectivity index (χ3v) is 3.73. The van der Waals surface area contributed by atoms with Gasteiger partial charge in [-0.15, -0.1) is 10.2 Å². The van der Waals surface area contributed by atoms with Crippen LogP contribution in [0.3, 0.4) is 0 Å². The van der Waals surface area contributed by atoms with Gasteiger partial charge < -0.3 is 4.74 Å². The van der Waals surface area contributed by atoms with Gasteiger partial charge in [-0.1, -0.05) is 44.2 Å². The maximum Gasteiger partial charge on any atom is 0.339 e. The zero-order valence-corrected chi connectivity index (χ0v) is 13.2. The Morgan fingerprint density at radius 3 is 2.76 bits per heavy atom. The Kier molecular flexibility index (Phi) is 5.56. The first-order valence-electron chi connectivity index (χ1n) is 7.28. The molecule has 0 amide bonds. The predicted octanol–water partition coefficient (Wildman–Crippen LogP) is 3.68. The van der Waals surface area contributed by atoms with Crippen molar-refractivity contribution in [1.82, 2.24) is 14.6 Å². The molecule has 0 saturated carbocycles. The highest BCUT2D eigenvalue weighted by molar-refractivity contribution is 6.33. The molecule has 2 heterocycles. The molecule has 0 aromatic carbocycles. The van der Waals surface area contributed by atoms with Crippen molar-refractivity contribution in [3.8, 4) is 0 Å². The number of hydrogen-bond acceptors (Lipinski definition) is 4. The second-order valence-corrected chi connectivity index (χ2v) is 5.45. The lowest BCUT2D eigenvalue weighted by Crippen LogP contribution is -2.04. The van der Waals surface area contributed by atoms with Gasteiger partial charge in [-0.25, -0.2) is 4.79 Å². The molecule has 2 aromatic rings. The summed E-state index contributed by atoms with van der Waals surface area (Å²) in [5, 5.41) is 8.67. The number of aryl methyl sites for hydroxylation is 1. The van der Waals surface area contributed by atoms with Gasteiger partial charge in [0.15, 0.2) is 5.65 Å². The van der Waals surface area contributed by atoms with E-state index in [1.165, 1.54) is 32.8 Å². The van der Waals surface area contributed by atoms with Crippen molar-refractivity contribution >= 4 is 23.2 Å². The number of carbonyl (C=O) groups excluding carboxylic acids is 1. The fourth-order valence-electron chi connectivity index (χ4n) is 2.29. The number of aromatic nitrogens is 3. The van der Waals surface area contributed by atoms with Crippen LogP contribution in [0, 0.1) is 0 Å². The smallest absolute Gasteiger partial charge is 0.339 e. The Balaban J connectivity index is 2.17. The second-order valence-electron chi connectivity index (χ2n) is 5.04. The van der Waals surface area contributed by atoms with Gasteiger partial charge in [0, 0.05) is 12.6 Å². The molecule has 0 N–H and O–H groups in total. The van der Waals surface area contributed by atoms with E-state index in [-0.39, 0.29) is 0 Å². The van der Waals surface area contributed by atoms with Crippen LogP contribution in [0.15, 0.2) is 12.3 Å². The van der Waals surface area contributed by atoms with Crippen molar-refractivity contribution in [3.05, 3.63) is 28.7 Å². The van der Waals surface area contributed by atoms with Gasteiger partial charge in [0.05, 0.1) is 17.7 Å². The topological polar surface area (TPSA) is 56.5 Å². The lowest BCUT2D eigenvalue weighted by molar-refractivity contribution is 0.0600. The maximum atomic E-state index is 11.6. The summed E-state index contributed by atoms with van der Waals surface area (Å²) in [7, 11) is 1.35. The van der Waals surface area contributed by atoms with Gasteiger partial charge in [-0.3, -0.25) is 4.40 Å². The normalized spacial score (nSPS) is 11.0. The number of methoxy groups -OCH3 is 1. The van der Waals surface area contributed by atoms with Gasteiger partial charge in [0.2, 0.25) is 0 Å². The summed E-state index contributed by atoms with van der Waals surface area (Å²) in [4.78, 5) is 11.6. The van der Waals surface area contributed by atoms with Gasteiger partial charge >= 0.3 is 5.97 Å². The lowest BCUT2D eigenvalue weighted by atomic mass is 10.1. The van der Waals surface area contributed by atoms with Crippen LogP contribution in [0.1, 0.15) is 55.2 Å². The molecule has 0 unspecified atom stereocenters. The molecular formula is C15H20ClN3O2. The van der Waals surface area contributed by atoms with Gasteiger partial charge in [0.1, 0.15) is 5.82 Å². The summed E-state index contributed by atoms with van der Waals surface area (Å²) >= 11 is 6.15. The third-order valence-electron chi connectivity index (χ3n) is 3.46. The molecule has 6 heteroatoms. The van der Waals surface area contributed by atoms with E-state index in [1.54, 1.807) is 16.7 Å². The Labute approximate surface area is 129 Å². The first-order valence-corrected chi connectivity index (χ1v) is 7.66. The molecule has 0 fully saturated rings.